The van der Waals surface area contributed by atoms with E-state index in [1.165, 1.54) is 12.1 Å². The number of thiophene rings is 1. The molecule has 4 N–H and O–H groups in total. The summed E-state index contributed by atoms with van der Waals surface area (Å²) in [6, 6.07) is 14.1. The second-order valence-electron chi connectivity index (χ2n) is 5.97. The number of hydrogen-bond donors (Lipinski definition) is 3. The minimum absolute atomic E-state index is 0.187. The van der Waals surface area contributed by atoms with Gasteiger partial charge in [-0.05, 0) is 60.3 Å². The minimum Gasteiger partial charge on any atom is -0.366 e. The van der Waals surface area contributed by atoms with Crippen molar-refractivity contribution in [3.05, 3.63) is 76.7 Å². The van der Waals surface area contributed by atoms with Gasteiger partial charge >= 0.3 is 0 Å². The lowest BCUT2D eigenvalue weighted by molar-refractivity contribution is 0.0997. The molecule has 9 heteroatoms. The highest BCUT2D eigenvalue weighted by Gasteiger charge is 2.16. The Kier molecular flexibility index (Phi) is 5.48. The second-order valence-corrected chi connectivity index (χ2v) is 8.82. The summed E-state index contributed by atoms with van der Waals surface area (Å²) in [6.07, 6.45) is 0. The van der Waals surface area contributed by atoms with Crippen molar-refractivity contribution in [1.29, 1.82) is 0 Å². The summed E-state index contributed by atoms with van der Waals surface area (Å²) < 4.78 is 27.3. The molecule has 0 aliphatic carbocycles. The first-order valence-corrected chi connectivity index (χ1v) is 10.5. The number of aryl methyl sites for hydroxylation is 1. The first kappa shape index (κ1) is 19.6. The maximum Gasteiger partial charge on any atom is 0.271 e. The Balaban J connectivity index is 1.77. The third-order valence-corrected chi connectivity index (χ3v) is 6.67. The highest BCUT2D eigenvalue weighted by molar-refractivity contribution is 7.94. The summed E-state index contributed by atoms with van der Waals surface area (Å²) in [5.74, 6) is -0.954. The molecule has 2 aromatic carbocycles. The number of rotatable bonds is 6. The van der Waals surface area contributed by atoms with Crippen LogP contribution >= 0.6 is 11.3 Å². The number of sulfonamides is 1. The topological polar surface area (TPSA) is 118 Å². The van der Waals surface area contributed by atoms with Crippen molar-refractivity contribution in [2.24, 2.45) is 5.73 Å². The molecule has 28 heavy (non-hydrogen) atoms. The summed E-state index contributed by atoms with van der Waals surface area (Å²) in [6.45, 7) is 1.72. The molecule has 0 saturated heterocycles. The Bertz CT molecular complexity index is 1140. The van der Waals surface area contributed by atoms with Gasteiger partial charge < -0.3 is 11.1 Å². The van der Waals surface area contributed by atoms with Gasteiger partial charge in [-0.25, -0.2) is 8.42 Å². The maximum absolute atomic E-state index is 12.5. The summed E-state index contributed by atoms with van der Waals surface area (Å²) in [4.78, 5) is 23.8. The van der Waals surface area contributed by atoms with Crippen LogP contribution in [-0.4, -0.2) is 20.2 Å². The van der Waals surface area contributed by atoms with Crippen LogP contribution in [0, 0.1) is 6.92 Å². The number of benzene rings is 2. The molecule has 0 spiro atoms. The molecule has 0 aliphatic heterocycles. The summed E-state index contributed by atoms with van der Waals surface area (Å²) in [7, 11) is -3.70. The van der Waals surface area contributed by atoms with Gasteiger partial charge in [-0.1, -0.05) is 12.1 Å². The monoisotopic (exact) mass is 415 g/mol. The Morgan fingerprint density at radius 2 is 1.79 bits per heavy atom. The van der Waals surface area contributed by atoms with Crippen LogP contribution in [0.5, 0.6) is 0 Å². The highest BCUT2D eigenvalue weighted by Crippen LogP contribution is 2.21. The van der Waals surface area contributed by atoms with E-state index in [2.05, 4.69) is 10.0 Å². The van der Waals surface area contributed by atoms with Gasteiger partial charge in [0.25, 0.3) is 15.9 Å². The number of anilines is 2. The van der Waals surface area contributed by atoms with Crippen molar-refractivity contribution in [3.8, 4) is 0 Å². The SMILES string of the molecule is Cc1cc(NC(=O)c2cccc(NS(=O)(=O)c3cccs3)c2)ccc1C(N)=O. The zero-order chi connectivity index (χ0) is 20.3. The molecule has 7 nitrogen and oxygen atoms in total. The fourth-order valence-electron chi connectivity index (χ4n) is 2.57. The Hall–Kier alpha value is -3.17. The average molecular weight is 415 g/mol. The van der Waals surface area contributed by atoms with Crippen molar-refractivity contribution in [3.63, 3.8) is 0 Å². The number of hydrogen-bond acceptors (Lipinski definition) is 5. The molecule has 144 valence electrons. The van der Waals surface area contributed by atoms with Gasteiger partial charge in [0.1, 0.15) is 4.21 Å². The third-order valence-electron chi connectivity index (χ3n) is 3.89. The predicted molar refractivity (Wildman–Crippen MR) is 109 cm³/mol. The molecular formula is C19H17N3O4S2. The van der Waals surface area contributed by atoms with Crippen molar-refractivity contribution in [2.75, 3.05) is 10.0 Å². The molecule has 0 radical (unpaired) electrons. The molecule has 2 amide bonds. The zero-order valence-corrected chi connectivity index (χ0v) is 16.4. The quantitative estimate of drug-likeness (QED) is 0.573. The molecule has 3 rings (SSSR count). The van der Waals surface area contributed by atoms with E-state index < -0.39 is 21.8 Å². The normalized spacial score (nSPS) is 11.0. The van der Waals surface area contributed by atoms with E-state index >= 15 is 0 Å². The Labute approximate surface area is 166 Å². The average Bonchev–Trinajstić information content (AvgIpc) is 3.17. The van der Waals surface area contributed by atoms with Gasteiger partial charge in [-0.3, -0.25) is 14.3 Å². The van der Waals surface area contributed by atoms with Crippen LogP contribution < -0.4 is 15.8 Å². The van der Waals surface area contributed by atoms with E-state index in [-0.39, 0.29) is 15.5 Å². The van der Waals surface area contributed by atoms with Crippen LogP contribution in [0.25, 0.3) is 0 Å². The van der Waals surface area contributed by atoms with Gasteiger partial charge in [0.05, 0.1) is 0 Å². The highest BCUT2D eigenvalue weighted by atomic mass is 32.2. The second kappa shape index (κ2) is 7.83. The van der Waals surface area contributed by atoms with Gasteiger partial charge in [0, 0.05) is 22.5 Å². The molecule has 3 aromatic rings. The lowest BCUT2D eigenvalue weighted by Crippen LogP contribution is -2.15. The molecular weight excluding hydrogens is 398 g/mol. The molecule has 0 aliphatic rings. The van der Waals surface area contributed by atoms with Gasteiger partial charge in [-0.15, -0.1) is 11.3 Å². The first-order chi connectivity index (χ1) is 13.3. The standard InChI is InChI=1S/C19H17N3O4S2/c1-12-10-14(7-8-16(12)18(20)23)21-19(24)13-4-2-5-15(11-13)22-28(25,26)17-6-3-9-27-17/h2-11,22H,1H3,(H2,20,23)(H,21,24). The number of nitrogens with two attached hydrogens (primary N) is 1. The van der Waals surface area contributed by atoms with Crippen LogP contribution in [-0.2, 0) is 10.0 Å². The van der Waals surface area contributed by atoms with Crippen LogP contribution in [0.2, 0.25) is 0 Å². The van der Waals surface area contributed by atoms with Crippen molar-refractivity contribution < 1.29 is 18.0 Å². The lowest BCUT2D eigenvalue weighted by Gasteiger charge is -2.10. The molecule has 0 unspecified atom stereocenters. The fraction of sp³-hybridized carbons (Fsp3) is 0.0526. The maximum atomic E-state index is 12.5. The number of primary amides is 1. The Morgan fingerprint density at radius 3 is 2.43 bits per heavy atom. The van der Waals surface area contributed by atoms with E-state index in [1.807, 2.05) is 0 Å². The predicted octanol–water partition coefficient (Wildman–Crippen LogP) is 3.21. The fourth-order valence-corrected chi connectivity index (χ4v) is 4.61. The molecule has 1 aromatic heterocycles. The minimum atomic E-state index is -3.70. The zero-order valence-electron chi connectivity index (χ0n) is 14.8. The van der Waals surface area contributed by atoms with Gasteiger partial charge in [0.2, 0.25) is 5.91 Å². The van der Waals surface area contributed by atoms with Gasteiger partial charge in [-0.2, -0.15) is 0 Å². The molecule has 0 fully saturated rings. The number of carbonyl (C=O) groups is 2. The third kappa shape index (κ3) is 4.38. The molecule has 0 bridgehead atoms. The first-order valence-electron chi connectivity index (χ1n) is 8.14. The largest absolute Gasteiger partial charge is 0.366 e. The Morgan fingerprint density at radius 1 is 1.00 bits per heavy atom. The van der Waals surface area contributed by atoms with Crippen LogP contribution in [0.1, 0.15) is 26.3 Å². The van der Waals surface area contributed by atoms with Crippen molar-refractivity contribution in [2.45, 2.75) is 11.1 Å². The summed E-state index contributed by atoms with van der Waals surface area (Å²) in [5.41, 5.74) is 7.35. The summed E-state index contributed by atoms with van der Waals surface area (Å²) in [5, 5.41) is 4.39. The van der Waals surface area contributed by atoms with E-state index in [9.17, 15) is 18.0 Å². The number of amides is 2. The van der Waals surface area contributed by atoms with Crippen molar-refractivity contribution >= 4 is 44.5 Å². The van der Waals surface area contributed by atoms with Crippen LogP contribution in [0.15, 0.2) is 64.2 Å². The molecule has 0 saturated carbocycles. The smallest absolute Gasteiger partial charge is 0.271 e. The van der Waals surface area contributed by atoms with E-state index in [0.717, 1.165) is 11.3 Å². The molecule has 1 heterocycles. The van der Waals surface area contributed by atoms with Crippen molar-refractivity contribution in [1.82, 2.24) is 0 Å². The van der Waals surface area contributed by atoms with Crippen LogP contribution in [0.3, 0.4) is 0 Å². The van der Waals surface area contributed by atoms with Crippen LogP contribution in [0.4, 0.5) is 11.4 Å². The number of nitrogens with one attached hydrogen (secondary N) is 2. The van der Waals surface area contributed by atoms with E-state index in [1.54, 1.807) is 54.8 Å². The summed E-state index contributed by atoms with van der Waals surface area (Å²) >= 11 is 1.10. The lowest BCUT2D eigenvalue weighted by atomic mass is 10.1. The van der Waals surface area contributed by atoms with E-state index in [4.69, 9.17) is 5.73 Å². The molecule has 0 atom stereocenters. The van der Waals surface area contributed by atoms with Gasteiger partial charge in [0.15, 0.2) is 0 Å². The number of carbonyl (C=O) groups excluding carboxylic acids is 2. The van der Waals surface area contributed by atoms with E-state index in [0.29, 0.717) is 16.8 Å².